The molecule has 1 atom stereocenters. The summed E-state index contributed by atoms with van der Waals surface area (Å²) in [7, 11) is 0. The lowest BCUT2D eigenvalue weighted by atomic mass is 10.2. The Balaban J connectivity index is 2.26. The average Bonchev–Trinajstić information content (AvgIpc) is 2.86. The first-order valence-electron chi connectivity index (χ1n) is 4.49. The maximum Gasteiger partial charge on any atom is 0.0996 e. The van der Waals surface area contributed by atoms with Crippen molar-refractivity contribution in [1.29, 1.82) is 0 Å². The van der Waals surface area contributed by atoms with Crippen molar-refractivity contribution < 1.29 is 4.42 Å². The molecule has 4 heteroatoms. The molecule has 2 heterocycles. The third kappa shape index (κ3) is 1.71. The van der Waals surface area contributed by atoms with Crippen molar-refractivity contribution in [3.63, 3.8) is 0 Å². The standard InChI is InChI=1S/C10H12N2OS/c1-7(4-11)10-12-9(6-14-10)8-2-3-13-5-8/h2-3,5-7H,4,11H2,1H3. The van der Waals surface area contributed by atoms with Gasteiger partial charge in [-0.15, -0.1) is 11.3 Å². The van der Waals surface area contributed by atoms with Gasteiger partial charge in [0, 0.05) is 23.4 Å². The van der Waals surface area contributed by atoms with Crippen LogP contribution in [0.2, 0.25) is 0 Å². The van der Waals surface area contributed by atoms with E-state index in [2.05, 4.69) is 11.9 Å². The van der Waals surface area contributed by atoms with Crippen LogP contribution in [0, 0.1) is 0 Å². The summed E-state index contributed by atoms with van der Waals surface area (Å²) in [5.74, 6) is 0.334. The Bertz CT molecular complexity index is 394. The summed E-state index contributed by atoms with van der Waals surface area (Å²) in [5.41, 5.74) is 7.58. The fraction of sp³-hybridized carbons (Fsp3) is 0.300. The predicted molar refractivity (Wildman–Crippen MR) is 57.3 cm³/mol. The Kier molecular flexibility index (Phi) is 2.65. The van der Waals surface area contributed by atoms with E-state index >= 15 is 0 Å². The van der Waals surface area contributed by atoms with Crippen molar-refractivity contribution in [1.82, 2.24) is 4.98 Å². The topological polar surface area (TPSA) is 52.0 Å². The molecule has 0 radical (unpaired) electrons. The van der Waals surface area contributed by atoms with Crippen LogP contribution in [0.25, 0.3) is 11.3 Å². The van der Waals surface area contributed by atoms with Gasteiger partial charge in [0.05, 0.1) is 23.2 Å². The summed E-state index contributed by atoms with van der Waals surface area (Å²) < 4.78 is 5.00. The van der Waals surface area contributed by atoms with Gasteiger partial charge in [0.15, 0.2) is 0 Å². The molecule has 74 valence electrons. The first-order valence-corrected chi connectivity index (χ1v) is 5.37. The molecule has 14 heavy (non-hydrogen) atoms. The summed E-state index contributed by atoms with van der Waals surface area (Å²) >= 11 is 1.65. The molecule has 0 spiro atoms. The second-order valence-electron chi connectivity index (χ2n) is 3.22. The summed E-state index contributed by atoms with van der Waals surface area (Å²) in [6, 6.07) is 1.91. The first-order chi connectivity index (χ1) is 6.81. The van der Waals surface area contributed by atoms with E-state index < -0.39 is 0 Å². The molecular weight excluding hydrogens is 196 g/mol. The van der Waals surface area contributed by atoms with Crippen LogP contribution in [0.3, 0.4) is 0 Å². The molecule has 1 unspecified atom stereocenters. The molecule has 0 amide bonds. The van der Waals surface area contributed by atoms with E-state index in [1.165, 1.54) is 0 Å². The number of nitrogens with zero attached hydrogens (tertiary/aromatic N) is 1. The molecule has 0 aromatic carbocycles. The maximum absolute atomic E-state index is 5.58. The molecule has 0 bridgehead atoms. The number of hydrogen-bond acceptors (Lipinski definition) is 4. The van der Waals surface area contributed by atoms with Crippen LogP contribution in [0.15, 0.2) is 28.4 Å². The third-order valence-corrected chi connectivity index (χ3v) is 3.19. The summed E-state index contributed by atoms with van der Waals surface area (Å²) in [6.45, 7) is 2.72. The second-order valence-corrected chi connectivity index (χ2v) is 4.11. The first kappa shape index (κ1) is 9.43. The van der Waals surface area contributed by atoms with Crippen LogP contribution in [0.1, 0.15) is 17.8 Å². The Morgan fingerprint density at radius 2 is 2.50 bits per heavy atom. The van der Waals surface area contributed by atoms with Crippen molar-refractivity contribution >= 4 is 11.3 Å². The summed E-state index contributed by atoms with van der Waals surface area (Å²) in [5, 5.41) is 3.12. The lowest BCUT2D eigenvalue weighted by molar-refractivity contribution is 0.568. The molecule has 0 aliphatic heterocycles. The van der Waals surface area contributed by atoms with Crippen LogP contribution < -0.4 is 5.73 Å². The normalized spacial score (nSPS) is 13.0. The minimum absolute atomic E-state index is 0.334. The van der Waals surface area contributed by atoms with Crippen LogP contribution in [0.5, 0.6) is 0 Å². The van der Waals surface area contributed by atoms with Crippen LogP contribution in [0.4, 0.5) is 0 Å². The fourth-order valence-electron chi connectivity index (χ4n) is 1.16. The zero-order valence-corrected chi connectivity index (χ0v) is 8.75. The molecule has 0 aliphatic carbocycles. The molecular formula is C10H12N2OS. The van der Waals surface area contributed by atoms with Gasteiger partial charge in [0.25, 0.3) is 0 Å². The zero-order valence-electron chi connectivity index (χ0n) is 7.93. The highest BCUT2D eigenvalue weighted by Gasteiger charge is 2.10. The lowest BCUT2D eigenvalue weighted by Gasteiger charge is -2.01. The zero-order chi connectivity index (χ0) is 9.97. The number of rotatable bonds is 3. The van der Waals surface area contributed by atoms with Crippen molar-refractivity contribution in [3.05, 3.63) is 29.0 Å². The van der Waals surface area contributed by atoms with Gasteiger partial charge in [0.2, 0.25) is 0 Å². The smallest absolute Gasteiger partial charge is 0.0996 e. The van der Waals surface area contributed by atoms with E-state index in [-0.39, 0.29) is 0 Å². The van der Waals surface area contributed by atoms with Crippen LogP contribution >= 0.6 is 11.3 Å². The van der Waals surface area contributed by atoms with Gasteiger partial charge in [-0.3, -0.25) is 0 Å². The Morgan fingerprint density at radius 3 is 3.14 bits per heavy atom. The SMILES string of the molecule is CC(CN)c1nc(-c2ccoc2)cs1. The largest absolute Gasteiger partial charge is 0.472 e. The van der Waals surface area contributed by atoms with Gasteiger partial charge in [-0.2, -0.15) is 0 Å². The molecule has 2 rings (SSSR count). The molecule has 2 N–H and O–H groups in total. The molecule has 2 aromatic heterocycles. The lowest BCUT2D eigenvalue weighted by Crippen LogP contribution is -2.08. The Hall–Kier alpha value is -1.13. The number of hydrogen-bond donors (Lipinski definition) is 1. The minimum atomic E-state index is 0.334. The Labute approximate surface area is 86.6 Å². The van der Waals surface area contributed by atoms with E-state index in [9.17, 15) is 0 Å². The van der Waals surface area contributed by atoms with E-state index in [0.717, 1.165) is 16.3 Å². The molecule has 0 fully saturated rings. The second kappa shape index (κ2) is 3.94. The van der Waals surface area contributed by atoms with Crippen molar-refractivity contribution in [3.8, 4) is 11.3 Å². The van der Waals surface area contributed by atoms with Crippen molar-refractivity contribution in [2.45, 2.75) is 12.8 Å². The van der Waals surface area contributed by atoms with Gasteiger partial charge in [-0.1, -0.05) is 6.92 Å². The average molecular weight is 208 g/mol. The fourth-order valence-corrected chi connectivity index (χ4v) is 2.06. The Morgan fingerprint density at radius 1 is 1.64 bits per heavy atom. The van der Waals surface area contributed by atoms with Gasteiger partial charge in [-0.05, 0) is 6.07 Å². The van der Waals surface area contributed by atoms with Crippen LogP contribution in [-0.4, -0.2) is 11.5 Å². The van der Waals surface area contributed by atoms with E-state index in [0.29, 0.717) is 12.5 Å². The predicted octanol–water partition coefficient (Wildman–Crippen LogP) is 2.47. The summed E-state index contributed by atoms with van der Waals surface area (Å²) in [4.78, 5) is 4.50. The molecule has 3 nitrogen and oxygen atoms in total. The van der Waals surface area contributed by atoms with Crippen LogP contribution in [-0.2, 0) is 0 Å². The minimum Gasteiger partial charge on any atom is -0.472 e. The monoisotopic (exact) mass is 208 g/mol. The highest BCUT2D eigenvalue weighted by Crippen LogP contribution is 2.25. The highest BCUT2D eigenvalue weighted by molar-refractivity contribution is 7.10. The van der Waals surface area contributed by atoms with Gasteiger partial charge < -0.3 is 10.2 Å². The van der Waals surface area contributed by atoms with E-state index in [1.54, 1.807) is 23.9 Å². The van der Waals surface area contributed by atoms with Gasteiger partial charge >= 0.3 is 0 Å². The maximum atomic E-state index is 5.58. The van der Waals surface area contributed by atoms with Crippen molar-refractivity contribution in [2.24, 2.45) is 5.73 Å². The van der Waals surface area contributed by atoms with E-state index in [1.807, 2.05) is 11.4 Å². The van der Waals surface area contributed by atoms with Gasteiger partial charge in [-0.25, -0.2) is 4.98 Å². The number of nitrogens with two attached hydrogens (primary N) is 1. The molecule has 0 saturated carbocycles. The molecule has 0 aliphatic rings. The third-order valence-electron chi connectivity index (χ3n) is 2.11. The van der Waals surface area contributed by atoms with E-state index in [4.69, 9.17) is 10.2 Å². The number of thiazole rings is 1. The highest BCUT2D eigenvalue weighted by atomic mass is 32.1. The van der Waals surface area contributed by atoms with Crippen molar-refractivity contribution in [2.75, 3.05) is 6.54 Å². The number of aromatic nitrogens is 1. The number of furan rings is 1. The quantitative estimate of drug-likeness (QED) is 0.843. The van der Waals surface area contributed by atoms with Gasteiger partial charge in [0.1, 0.15) is 0 Å². The summed E-state index contributed by atoms with van der Waals surface area (Å²) in [6.07, 6.45) is 3.35. The molecule has 0 saturated heterocycles. The molecule has 2 aromatic rings.